The molecule has 0 unspecified atom stereocenters. The fourth-order valence-electron chi connectivity index (χ4n) is 0.999. The van der Waals surface area contributed by atoms with E-state index in [-0.39, 0.29) is 5.69 Å². The summed E-state index contributed by atoms with van der Waals surface area (Å²) in [6, 6.07) is 1.51. The number of hydrogen-bond donors (Lipinski definition) is 1. The summed E-state index contributed by atoms with van der Waals surface area (Å²) in [5.41, 5.74) is 4.05. The van der Waals surface area contributed by atoms with E-state index < -0.39 is 29.1 Å². The first kappa shape index (κ1) is 12.8. The van der Waals surface area contributed by atoms with Gasteiger partial charge in [-0.15, -0.1) is 13.2 Å². The van der Waals surface area contributed by atoms with Crippen molar-refractivity contribution < 1.29 is 26.7 Å². The zero-order valence-electron chi connectivity index (χ0n) is 7.49. The van der Waals surface area contributed by atoms with E-state index in [1.807, 2.05) is 0 Å². The third-order valence-corrected chi connectivity index (χ3v) is 1.95. The number of hydrogen-bond acceptors (Lipinski definition) is 2. The molecule has 0 heterocycles. The summed E-state index contributed by atoms with van der Waals surface area (Å²) in [6.07, 6.45) is -8.05. The van der Waals surface area contributed by atoms with Crippen LogP contribution in [0.25, 0.3) is 0 Å². The van der Waals surface area contributed by atoms with E-state index in [1.54, 1.807) is 0 Å². The number of anilines is 1. The highest BCUT2D eigenvalue weighted by Gasteiger charge is 2.33. The molecule has 0 bridgehead atoms. The Morgan fingerprint density at radius 1 is 1.25 bits per heavy atom. The largest absolute Gasteiger partial charge is 0.573 e. The first-order valence-corrected chi connectivity index (χ1v) is 4.21. The van der Waals surface area contributed by atoms with Crippen molar-refractivity contribution in [1.29, 1.82) is 0 Å². The minimum Gasteiger partial charge on any atom is -0.404 e. The van der Waals surface area contributed by atoms with Crippen molar-refractivity contribution in [2.45, 2.75) is 12.8 Å². The normalized spacial score (nSPS) is 11.9. The fourth-order valence-corrected chi connectivity index (χ4v) is 1.23. The lowest BCUT2D eigenvalue weighted by Gasteiger charge is -2.13. The highest BCUT2D eigenvalue weighted by Crippen LogP contribution is 2.38. The van der Waals surface area contributed by atoms with Crippen molar-refractivity contribution in [3.8, 4) is 5.75 Å². The third-order valence-electron chi connectivity index (χ3n) is 1.55. The Hall–Kier alpha value is -1.24. The van der Waals surface area contributed by atoms with Crippen molar-refractivity contribution in [3.63, 3.8) is 0 Å². The van der Waals surface area contributed by atoms with Crippen molar-refractivity contribution in [2.24, 2.45) is 0 Å². The Bertz CT molecular complexity index is 393. The Balaban J connectivity index is 3.19. The highest BCUT2D eigenvalue weighted by molar-refractivity contribution is 6.33. The molecule has 1 aromatic rings. The van der Waals surface area contributed by atoms with Gasteiger partial charge in [0.15, 0.2) is 5.75 Å². The van der Waals surface area contributed by atoms with Gasteiger partial charge in [-0.1, -0.05) is 11.6 Å². The first-order chi connectivity index (χ1) is 7.20. The van der Waals surface area contributed by atoms with Crippen molar-refractivity contribution in [3.05, 3.63) is 22.7 Å². The van der Waals surface area contributed by atoms with Crippen LogP contribution in [0.4, 0.5) is 27.6 Å². The van der Waals surface area contributed by atoms with Gasteiger partial charge >= 0.3 is 6.36 Å². The molecule has 0 aromatic heterocycles. The highest BCUT2D eigenvalue weighted by atomic mass is 35.5. The van der Waals surface area contributed by atoms with Gasteiger partial charge in [0.2, 0.25) is 0 Å². The van der Waals surface area contributed by atoms with Crippen molar-refractivity contribution >= 4 is 17.3 Å². The predicted molar refractivity (Wildman–Crippen MR) is 47.5 cm³/mol. The lowest BCUT2D eigenvalue weighted by Crippen LogP contribution is -2.17. The molecule has 1 aromatic carbocycles. The second-order valence-corrected chi connectivity index (χ2v) is 3.15. The maximum atomic E-state index is 12.3. The molecule has 0 fully saturated rings. The smallest absolute Gasteiger partial charge is 0.404 e. The summed E-state index contributed by atoms with van der Waals surface area (Å²) in [5, 5.41) is -0.804. The molecule has 0 atom stereocenters. The number of benzene rings is 1. The van der Waals surface area contributed by atoms with Gasteiger partial charge in [0.1, 0.15) is 0 Å². The average Bonchev–Trinajstić information content (AvgIpc) is 2.07. The predicted octanol–water partition coefficient (Wildman–Crippen LogP) is 3.76. The van der Waals surface area contributed by atoms with Gasteiger partial charge in [0, 0.05) is 17.3 Å². The van der Waals surface area contributed by atoms with Gasteiger partial charge in [-0.3, -0.25) is 0 Å². The molecular formula is C8H5ClF5NO. The van der Waals surface area contributed by atoms with Crippen LogP contribution in [0.2, 0.25) is 5.02 Å². The van der Waals surface area contributed by atoms with E-state index in [0.29, 0.717) is 0 Å². The van der Waals surface area contributed by atoms with Crippen LogP contribution in [0, 0.1) is 0 Å². The summed E-state index contributed by atoms with van der Waals surface area (Å²) < 4.78 is 63.8. The Morgan fingerprint density at radius 3 is 2.25 bits per heavy atom. The molecular weight excluding hydrogens is 257 g/mol. The second kappa shape index (κ2) is 4.32. The van der Waals surface area contributed by atoms with Crippen molar-refractivity contribution in [1.82, 2.24) is 0 Å². The average molecular weight is 262 g/mol. The van der Waals surface area contributed by atoms with Crippen LogP contribution in [0.1, 0.15) is 12.0 Å². The van der Waals surface area contributed by atoms with Gasteiger partial charge in [-0.05, 0) is 6.07 Å². The SMILES string of the molecule is Nc1cc(OC(F)(F)F)c(Cl)c(C(F)F)c1. The lowest BCUT2D eigenvalue weighted by atomic mass is 10.2. The molecule has 0 amide bonds. The van der Waals surface area contributed by atoms with Gasteiger partial charge in [-0.25, -0.2) is 8.78 Å². The van der Waals surface area contributed by atoms with E-state index in [1.165, 1.54) is 0 Å². The molecule has 90 valence electrons. The molecule has 2 N–H and O–H groups in total. The Kier molecular flexibility index (Phi) is 3.47. The summed E-state index contributed by atoms with van der Waals surface area (Å²) in [4.78, 5) is 0. The van der Waals surface area contributed by atoms with Crippen LogP contribution in [0.15, 0.2) is 12.1 Å². The minimum atomic E-state index is -5.02. The first-order valence-electron chi connectivity index (χ1n) is 3.83. The minimum absolute atomic E-state index is 0.293. The number of ether oxygens (including phenoxy) is 1. The second-order valence-electron chi connectivity index (χ2n) is 2.77. The number of halogens is 6. The van der Waals surface area contributed by atoms with E-state index in [9.17, 15) is 22.0 Å². The van der Waals surface area contributed by atoms with Gasteiger partial charge < -0.3 is 10.5 Å². The lowest BCUT2D eigenvalue weighted by molar-refractivity contribution is -0.274. The standard InChI is InChI=1S/C8H5ClF5NO/c9-6-4(7(10)11)1-3(15)2-5(6)16-8(12,13)14/h1-2,7H,15H2. The van der Waals surface area contributed by atoms with Gasteiger partial charge in [0.25, 0.3) is 6.43 Å². The number of nitrogens with two attached hydrogens (primary N) is 1. The van der Waals surface area contributed by atoms with Crippen LogP contribution >= 0.6 is 11.6 Å². The van der Waals surface area contributed by atoms with E-state index in [2.05, 4.69) is 4.74 Å². The molecule has 8 heteroatoms. The summed E-state index contributed by atoms with van der Waals surface area (Å²) in [7, 11) is 0. The monoisotopic (exact) mass is 261 g/mol. The van der Waals surface area contributed by atoms with Gasteiger partial charge in [0.05, 0.1) is 5.02 Å². The Morgan fingerprint density at radius 2 is 1.81 bits per heavy atom. The third kappa shape index (κ3) is 3.13. The fraction of sp³-hybridized carbons (Fsp3) is 0.250. The topological polar surface area (TPSA) is 35.2 Å². The zero-order valence-corrected chi connectivity index (χ0v) is 8.24. The number of alkyl halides is 5. The molecule has 16 heavy (non-hydrogen) atoms. The van der Waals surface area contributed by atoms with E-state index in [0.717, 1.165) is 12.1 Å². The number of nitrogen functional groups attached to an aromatic ring is 1. The Labute approximate surface area is 91.7 Å². The molecule has 0 aliphatic carbocycles. The van der Waals surface area contributed by atoms with E-state index in [4.69, 9.17) is 17.3 Å². The van der Waals surface area contributed by atoms with Gasteiger partial charge in [-0.2, -0.15) is 0 Å². The van der Waals surface area contributed by atoms with Crippen molar-refractivity contribution in [2.75, 3.05) is 5.73 Å². The van der Waals surface area contributed by atoms with Crippen LogP contribution in [-0.2, 0) is 0 Å². The molecule has 2 nitrogen and oxygen atoms in total. The molecule has 0 radical (unpaired) electrons. The maximum absolute atomic E-state index is 12.3. The molecule has 0 aliphatic rings. The molecule has 1 rings (SSSR count). The zero-order chi connectivity index (χ0) is 12.5. The quantitative estimate of drug-likeness (QED) is 0.650. The summed E-state index contributed by atoms with van der Waals surface area (Å²) >= 11 is 5.32. The molecule has 0 saturated carbocycles. The molecule has 0 aliphatic heterocycles. The van der Waals surface area contributed by atoms with Crippen LogP contribution in [0.3, 0.4) is 0 Å². The maximum Gasteiger partial charge on any atom is 0.573 e. The molecule has 0 saturated heterocycles. The molecule has 0 spiro atoms. The van der Waals surface area contributed by atoms with Crippen LogP contribution < -0.4 is 10.5 Å². The summed E-state index contributed by atoms with van der Waals surface area (Å²) in [5.74, 6) is -0.940. The van der Waals surface area contributed by atoms with Crippen LogP contribution in [0.5, 0.6) is 5.75 Å². The summed E-state index contributed by atoms with van der Waals surface area (Å²) in [6.45, 7) is 0. The van der Waals surface area contributed by atoms with E-state index >= 15 is 0 Å². The van der Waals surface area contributed by atoms with Crippen LogP contribution in [-0.4, -0.2) is 6.36 Å². The number of rotatable bonds is 2.